The van der Waals surface area contributed by atoms with Gasteiger partial charge in [-0.2, -0.15) is 0 Å². The number of para-hydroxylation sites is 2. The molecule has 0 atom stereocenters. The lowest BCUT2D eigenvalue weighted by Gasteiger charge is -2.27. The third-order valence-corrected chi connectivity index (χ3v) is 4.73. The van der Waals surface area contributed by atoms with Crippen LogP contribution >= 0.6 is 0 Å². The summed E-state index contributed by atoms with van der Waals surface area (Å²) in [5.41, 5.74) is 1.43. The van der Waals surface area contributed by atoms with Crippen LogP contribution in [0.25, 0.3) is 0 Å². The highest BCUT2D eigenvalue weighted by Crippen LogP contribution is 2.23. The molecule has 0 radical (unpaired) electrons. The smallest absolute Gasteiger partial charge is 0.259 e. The second-order valence-corrected chi connectivity index (χ2v) is 6.69. The Labute approximate surface area is 165 Å². The molecule has 2 aromatic rings. The Morgan fingerprint density at radius 2 is 1.61 bits per heavy atom. The molecule has 2 amide bonds. The van der Waals surface area contributed by atoms with Crippen LogP contribution in [0, 0.1) is 0 Å². The largest absolute Gasteiger partial charge is 0.490 e. The van der Waals surface area contributed by atoms with Gasteiger partial charge in [-0.15, -0.1) is 0 Å². The molecule has 0 bridgehead atoms. The van der Waals surface area contributed by atoms with Gasteiger partial charge in [0.1, 0.15) is 12.4 Å². The topological polar surface area (TPSA) is 67.9 Å². The summed E-state index contributed by atoms with van der Waals surface area (Å²) in [6.45, 7) is 2.31. The summed E-state index contributed by atoms with van der Waals surface area (Å²) in [4.78, 5) is 27.6. The normalized spacial score (nSPS) is 13.8. The van der Waals surface area contributed by atoms with E-state index < -0.39 is 0 Å². The van der Waals surface area contributed by atoms with Crippen molar-refractivity contribution in [3.05, 3.63) is 59.7 Å². The first kappa shape index (κ1) is 19.9. The zero-order valence-corrected chi connectivity index (χ0v) is 16.1. The first-order valence-corrected chi connectivity index (χ1v) is 9.61. The number of nitrogens with one attached hydrogen (secondary N) is 1. The number of amides is 2. The molecule has 1 fully saturated rings. The van der Waals surface area contributed by atoms with Crippen molar-refractivity contribution in [1.82, 2.24) is 4.90 Å². The molecule has 0 spiro atoms. The average molecular weight is 382 g/mol. The fourth-order valence-corrected chi connectivity index (χ4v) is 3.25. The number of anilines is 1. The van der Waals surface area contributed by atoms with E-state index in [2.05, 4.69) is 5.32 Å². The van der Waals surface area contributed by atoms with Crippen molar-refractivity contribution in [2.75, 3.05) is 38.7 Å². The van der Waals surface area contributed by atoms with Crippen LogP contribution in [0.5, 0.6) is 5.75 Å². The Bertz CT molecular complexity index is 816. The minimum Gasteiger partial charge on any atom is -0.490 e. The van der Waals surface area contributed by atoms with E-state index >= 15 is 0 Å². The highest BCUT2D eigenvalue weighted by molar-refractivity contribution is 6.10. The molecule has 0 aromatic heterocycles. The van der Waals surface area contributed by atoms with Crippen molar-refractivity contribution in [2.45, 2.75) is 19.3 Å². The molecule has 1 aliphatic heterocycles. The van der Waals surface area contributed by atoms with Gasteiger partial charge >= 0.3 is 0 Å². The van der Waals surface area contributed by atoms with Gasteiger partial charge in [-0.25, -0.2) is 0 Å². The summed E-state index contributed by atoms with van der Waals surface area (Å²) < 4.78 is 10.6. The molecule has 1 aliphatic rings. The summed E-state index contributed by atoms with van der Waals surface area (Å²) in [6.07, 6.45) is 3.20. The minimum absolute atomic E-state index is 0.0415. The van der Waals surface area contributed by atoms with E-state index in [0.717, 1.165) is 32.4 Å². The second kappa shape index (κ2) is 9.90. The van der Waals surface area contributed by atoms with Crippen molar-refractivity contribution in [2.24, 2.45) is 0 Å². The molecular weight excluding hydrogens is 356 g/mol. The number of piperidine rings is 1. The Hall–Kier alpha value is -2.86. The molecule has 0 unspecified atom stereocenters. The predicted octanol–water partition coefficient (Wildman–Crippen LogP) is 3.59. The lowest BCUT2D eigenvalue weighted by molar-refractivity contribution is 0.0725. The van der Waals surface area contributed by atoms with Crippen LogP contribution < -0.4 is 10.1 Å². The number of ether oxygens (including phenoxy) is 2. The summed E-state index contributed by atoms with van der Waals surface area (Å²) in [6, 6.07) is 14.2. The van der Waals surface area contributed by atoms with Crippen LogP contribution in [0.4, 0.5) is 5.69 Å². The summed E-state index contributed by atoms with van der Waals surface area (Å²) in [7, 11) is 1.60. The van der Waals surface area contributed by atoms with Crippen LogP contribution in [0.2, 0.25) is 0 Å². The fraction of sp³-hybridized carbons (Fsp3) is 0.364. The van der Waals surface area contributed by atoms with E-state index in [9.17, 15) is 9.59 Å². The summed E-state index contributed by atoms with van der Waals surface area (Å²) in [5.74, 6) is 0.129. The Morgan fingerprint density at radius 1 is 0.929 bits per heavy atom. The van der Waals surface area contributed by atoms with Crippen LogP contribution in [0.15, 0.2) is 48.5 Å². The maximum absolute atomic E-state index is 12.9. The van der Waals surface area contributed by atoms with E-state index in [1.807, 2.05) is 23.1 Å². The van der Waals surface area contributed by atoms with E-state index in [1.54, 1.807) is 37.4 Å². The van der Waals surface area contributed by atoms with Crippen LogP contribution in [-0.4, -0.2) is 50.1 Å². The van der Waals surface area contributed by atoms with Crippen LogP contribution in [0.3, 0.4) is 0 Å². The number of hydrogen-bond acceptors (Lipinski definition) is 4. The molecule has 148 valence electrons. The molecule has 1 N–H and O–H groups in total. The van der Waals surface area contributed by atoms with Gasteiger partial charge < -0.3 is 19.7 Å². The van der Waals surface area contributed by atoms with Gasteiger partial charge in [0, 0.05) is 20.2 Å². The van der Waals surface area contributed by atoms with Gasteiger partial charge in [-0.3, -0.25) is 9.59 Å². The third kappa shape index (κ3) is 4.89. The number of carbonyl (C=O) groups excluding carboxylic acids is 2. The standard InChI is InChI=1S/C22H26N2O4/c1-27-15-16-28-20-12-6-4-10-18(20)21(25)23-19-11-5-3-9-17(19)22(26)24-13-7-2-8-14-24/h3-6,9-12H,2,7-8,13-16H2,1H3,(H,23,25). The van der Waals surface area contributed by atoms with Crippen LogP contribution in [0.1, 0.15) is 40.0 Å². The van der Waals surface area contributed by atoms with Gasteiger partial charge in [0.15, 0.2) is 0 Å². The first-order valence-electron chi connectivity index (χ1n) is 9.61. The van der Waals surface area contributed by atoms with Gasteiger partial charge in [-0.1, -0.05) is 24.3 Å². The summed E-state index contributed by atoms with van der Waals surface area (Å²) in [5, 5.41) is 2.88. The number of rotatable bonds is 7. The molecule has 3 rings (SSSR count). The van der Waals surface area contributed by atoms with Crippen molar-refractivity contribution < 1.29 is 19.1 Å². The zero-order chi connectivity index (χ0) is 19.8. The monoisotopic (exact) mass is 382 g/mol. The Kier molecular flexibility index (Phi) is 7.03. The van der Waals surface area contributed by atoms with Gasteiger partial charge in [0.25, 0.3) is 11.8 Å². The van der Waals surface area contributed by atoms with Crippen molar-refractivity contribution in [3.63, 3.8) is 0 Å². The molecule has 28 heavy (non-hydrogen) atoms. The highest BCUT2D eigenvalue weighted by Gasteiger charge is 2.22. The van der Waals surface area contributed by atoms with Crippen molar-refractivity contribution in [3.8, 4) is 5.75 Å². The molecule has 1 heterocycles. The minimum atomic E-state index is -0.313. The van der Waals surface area contributed by atoms with Crippen molar-refractivity contribution >= 4 is 17.5 Å². The van der Waals surface area contributed by atoms with Gasteiger partial charge in [0.05, 0.1) is 23.4 Å². The third-order valence-electron chi connectivity index (χ3n) is 4.73. The quantitative estimate of drug-likeness (QED) is 0.743. The molecule has 0 aliphatic carbocycles. The zero-order valence-electron chi connectivity index (χ0n) is 16.1. The first-order chi connectivity index (χ1) is 13.7. The molecule has 0 saturated carbocycles. The molecule has 1 saturated heterocycles. The SMILES string of the molecule is COCCOc1ccccc1C(=O)Nc1ccccc1C(=O)N1CCCCC1. The number of hydrogen-bond donors (Lipinski definition) is 1. The van der Waals surface area contributed by atoms with Gasteiger partial charge in [0.2, 0.25) is 0 Å². The Morgan fingerprint density at radius 3 is 2.36 bits per heavy atom. The number of likely N-dealkylation sites (tertiary alicyclic amines) is 1. The second-order valence-electron chi connectivity index (χ2n) is 6.69. The summed E-state index contributed by atoms with van der Waals surface area (Å²) >= 11 is 0. The van der Waals surface area contributed by atoms with E-state index in [-0.39, 0.29) is 11.8 Å². The molecule has 6 heteroatoms. The Balaban J connectivity index is 1.77. The number of methoxy groups -OCH3 is 1. The highest BCUT2D eigenvalue weighted by atomic mass is 16.5. The molecular formula is C22H26N2O4. The maximum Gasteiger partial charge on any atom is 0.259 e. The van der Waals surface area contributed by atoms with Gasteiger partial charge in [-0.05, 0) is 43.5 Å². The fourth-order valence-electron chi connectivity index (χ4n) is 3.25. The average Bonchev–Trinajstić information content (AvgIpc) is 2.75. The molecule has 2 aromatic carbocycles. The lowest BCUT2D eigenvalue weighted by atomic mass is 10.1. The number of benzene rings is 2. The van der Waals surface area contributed by atoms with Crippen molar-refractivity contribution in [1.29, 1.82) is 0 Å². The molecule has 6 nitrogen and oxygen atoms in total. The van der Waals surface area contributed by atoms with Crippen LogP contribution in [-0.2, 0) is 4.74 Å². The lowest BCUT2D eigenvalue weighted by Crippen LogP contribution is -2.36. The van der Waals surface area contributed by atoms with E-state index in [4.69, 9.17) is 9.47 Å². The van der Waals surface area contributed by atoms with E-state index in [1.165, 1.54) is 0 Å². The number of nitrogens with zero attached hydrogens (tertiary/aromatic N) is 1. The predicted molar refractivity (Wildman–Crippen MR) is 108 cm³/mol. The maximum atomic E-state index is 12.9. The van der Waals surface area contributed by atoms with E-state index in [0.29, 0.717) is 35.8 Å². The number of carbonyl (C=O) groups is 2.